The maximum atomic E-state index is 5.11. The van der Waals surface area contributed by atoms with Gasteiger partial charge in [0.25, 0.3) is 0 Å². The van der Waals surface area contributed by atoms with Gasteiger partial charge in [-0.25, -0.2) is 0 Å². The zero-order valence-corrected chi connectivity index (χ0v) is 31.9. The molecule has 0 amide bonds. The molecule has 2 aromatic carbocycles. The third-order valence-corrected chi connectivity index (χ3v) is 12.3. The lowest BCUT2D eigenvalue weighted by Gasteiger charge is -2.35. The molecule has 264 valence electrons. The van der Waals surface area contributed by atoms with Crippen LogP contribution in [0.4, 0.5) is 0 Å². The summed E-state index contributed by atoms with van der Waals surface area (Å²) in [4.78, 5) is 14.4. The molecular formula is C45H54N6. The summed E-state index contributed by atoms with van der Waals surface area (Å²) in [6.45, 7) is 17.7. The maximum Gasteiger partial charge on any atom is 0.0486 e. The van der Waals surface area contributed by atoms with E-state index >= 15 is 0 Å². The molecule has 0 saturated heterocycles. The number of hydrogen-bond donors (Lipinski definition) is 0. The van der Waals surface area contributed by atoms with E-state index in [-0.39, 0.29) is 5.41 Å². The van der Waals surface area contributed by atoms with Crippen molar-refractivity contribution in [1.29, 1.82) is 0 Å². The fourth-order valence-corrected chi connectivity index (χ4v) is 8.97. The molecule has 3 atom stereocenters. The number of fused-ring (bicyclic) bond motifs is 6. The zero-order chi connectivity index (χ0) is 35.6. The summed E-state index contributed by atoms with van der Waals surface area (Å²) in [6, 6.07) is 24.0. The van der Waals surface area contributed by atoms with Crippen LogP contribution < -0.4 is 0 Å². The van der Waals surface area contributed by atoms with Crippen LogP contribution in [-0.4, -0.2) is 55.1 Å². The van der Waals surface area contributed by atoms with Gasteiger partial charge in [0.1, 0.15) is 0 Å². The maximum absolute atomic E-state index is 5.11. The van der Waals surface area contributed by atoms with E-state index in [1.54, 1.807) is 5.56 Å². The number of nitrogens with zero attached hydrogens (tertiary/aromatic N) is 6. The number of aromatic nitrogens is 4. The van der Waals surface area contributed by atoms with Crippen molar-refractivity contribution in [1.82, 2.24) is 28.9 Å². The Morgan fingerprint density at radius 1 is 0.784 bits per heavy atom. The van der Waals surface area contributed by atoms with Gasteiger partial charge in [-0.3, -0.25) is 19.8 Å². The molecule has 0 spiro atoms. The third kappa shape index (κ3) is 6.21. The minimum Gasteiger partial charge on any atom is -0.342 e. The number of hydrogen-bond acceptors (Lipinski definition) is 4. The molecule has 0 radical (unpaired) electrons. The number of pyridine rings is 2. The minimum atomic E-state index is -0.0203. The fraction of sp³-hybridized carbons (Fsp3) is 0.422. The highest BCUT2D eigenvalue weighted by Gasteiger charge is 2.32. The van der Waals surface area contributed by atoms with E-state index in [1.807, 2.05) is 12.4 Å². The Hall–Kier alpha value is -4.26. The third-order valence-electron chi connectivity index (χ3n) is 12.3. The fourth-order valence-electron chi connectivity index (χ4n) is 8.97. The van der Waals surface area contributed by atoms with E-state index in [9.17, 15) is 0 Å². The highest BCUT2D eigenvalue weighted by molar-refractivity contribution is 5.87. The first-order valence-electron chi connectivity index (χ1n) is 18.9. The van der Waals surface area contributed by atoms with Crippen molar-refractivity contribution < 1.29 is 0 Å². The summed E-state index contributed by atoms with van der Waals surface area (Å²) in [7, 11) is 4.56. The SMILES string of the molecule is Cc1ccc2c(c1)c1c(n2CC(C)c2ccc(CC3Cc4c(n(CC(C)(C)c5ccncc5)c5ccc(C)cc45)CN3C)nc2)CN(C)C(C)C1. The largest absolute Gasteiger partial charge is 0.342 e. The van der Waals surface area contributed by atoms with Crippen molar-refractivity contribution in [2.75, 3.05) is 14.1 Å². The van der Waals surface area contributed by atoms with Crippen molar-refractivity contribution in [2.24, 2.45) is 0 Å². The van der Waals surface area contributed by atoms with Gasteiger partial charge in [-0.05, 0) is 112 Å². The van der Waals surface area contributed by atoms with Crippen LogP contribution in [0.15, 0.2) is 79.3 Å². The summed E-state index contributed by atoms with van der Waals surface area (Å²) in [6.07, 6.45) is 9.09. The molecule has 2 aliphatic heterocycles. The van der Waals surface area contributed by atoms with Gasteiger partial charge in [0.2, 0.25) is 0 Å². The number of likely N-dealkylation sites (N-methyl/N-ethyl adjacent to an activating group) is 2. The Labute approximate surface area is 304 Å². The Morgan fingerprint density at radius 3 is 2.08 bits per heavy atom. The molecule has 8 rings (SSSR count). The molecule has 0 bridgehead atoms. The monoisotopic (exact) mass is 678 g/mol. The van der Waals surface area contributed by atoms with E-state index < -0.39 is 0 Å². The molecular weight excluding hydrogens is 625 g/mol. The van der Waals surface area contributed by atoms with Gasteiger partial charge in [0.15, 0.2) is 0 Å². The van der Waals surface area contributed by atoms with E-state index in [0.717, 1.165) is 45.4 Å². The molecule has 6 aromatic rings. The van der Waals surface area contributed by atoms with Crippen molar-refractivity contribution in [3.8, 4) is 0 Å². The predicted octanol–water partition coefficient (Wildman–Crippen LogP) is 8.76. The first kappa shape index (κ1) is 33.9. The van der Waals surface area contributed by atoms with E-state index in [4.69, 9.17) is 4.98 Å². The van der Waals surface area contributed by atoms with Crippen molar-refractivity contribution in [3.05, 3.63) is 130 Å². The van der Waals surface area contributed by atoms with Gasteiger partial charge in [0, 0.05) is 113 Å². The zero-order valence-electron chi connectivity index (χ0n) is 31.9. The lowest BCUT2D eigenvalue weighted by atomic mass is 9.85. The van der Waals surface area contributed by atoms with Gasteiger partial charge in [-0.2, -0.15) is 0 Å². The van der Waals surface area contributed by atoms with E-state index in [1.165, 1.54) is 66.7 Å². The quantitative estimate of drug-likeness (QED) is 0.162. The van der Waals surface area contributed by atoms with Gasteiger partial charge in [0.05, 0.1) is 0 Å². The smallest absolute Gasteiger partial charge is 0.0486 e. The van der Waals surface area contributed by atoms with Crippen LogP contribution in [0.3, 0.4) is 0 Å². The molecule has 6 heterocycles. The number of rotatable bonds is 8. The van der Waals surface area contributed by atoms with Gasteiger partial charge in [-0.15, -0.1) is 0 Å². The molecule has 0 fully saturated rings. The molecule has 0 N–H and O–H groups in total. The lowest BCUT2D eigenvalue weighted by molar-refractivity contribution is 0.205. The summed E-state index contributed by atoms with van der Waals surface area (Å²) >= 11 is 0. The van der Waals surface area contributed by atoms with Crippen molar-refractivity contribution >= 4 is 21.8 Å². The van der Waals surface area contributed by atoms with Gasteiger partial charge in [-0.1, -0.05) is 50.1 Å². The first-order chi connectivity index (χ1) is 24.5. The summed E-state index contributed by atoms with van der Waals surface area (Å²) in [5, 5.41) is 2.86. The van der Waals surface area contributed by atoms with Crippen LogP contribution in [0.2, 0.25) is 0 Å². The average Bonchev–Trinajstić information content (AvgIpc) is 3.55. The minimum absolute atomic E-state index is 0.0203. The normalized spacial score (nSPS) is 19.1. The summed E-state index contributed by atoms with van der Waals surface area (Å²) < 4.78 is 5.21. The molecule has 4 aromatic heterocycles. The molecule has 3 unspecified atom stereocenters. The summed E-state index contributed by atoms with van der Waals surface area (Å²) in [5.74, 6) is 0.364. The van der Waals surface area contributed by atoms with Crippen LogP contribution in [0, 0.1) is 13.8 Å². The Bertz CT molecular complexity index is 2210. The van der Waals surface area contributed by atoms with Crippen molar-refractivity contribution in [3.63, 3.8) is 0 Å². The van der Waals surface area contributed by atoms with Crippen LogP contribution in [-0.2, 0) is 50.9 Å². The molecule has 0 aliphatic carbocycles. The van der Waals surface area contributed by atoms with E-state index in [2.05, 4.69) is 146 Å². The second-order valence-corrected chi connectivity index (χ2v) is 16.6. The van der Waals surface area contributed by atoms with E-state index in [0.29, 0.717) is 18.0 Å². The topological polar surface area (TPSA) is 42.1 Å². The number of aryl methyl sites for hydroxylation is 2. The highest BCUT2D eigenvalue weighted by Crippen LogP contribution is 2.38. The standard InChI is InChI=1S/C45H54N6/c1-29-9-13-41-37(19-29)39-21-32(4)48(7)26-43(39)50(41)25-31(3)33-11-12-35(47-24-33)22-36-23-40-38-20-30(2)10-14-42(38)51(44(40)27-49(36)8)28-45(5,6)34-15-17-46-18-16-34/h9-20,24,31-32,36H,21-23,25-28H2,1-8H3. The number of benzene rings is 2. The average molecular weight is 679 g/mol. The predicted molar refractivity (Wildman–Crippen MR) is 211 cm³/mol. The lowest BCUT2D eigenvalue weighted by Crippen LogP contribution is -2.40. The Morgan fingerprint density at radius 2 is 1.41 bits per heavy atom. The van der Waals surface area contributed by atoms with Crippen LogP contribution in [0.1, 0.15) is 84.1 Å². The summed E-state index contributed by atoms with van der Waals surface area (Å²) in [5.41, 5.74) is 15.2. The van der Waals surface area contributed by atoms with Crippen LogP contribution in [0.5, 0.6) is 0 Å². The highest BCUT2D eigenvalue weighted by atomic mass is 15.2. The molecule has 0 saturated carbocycles. The Kier molecular flexibility index (Phi) is 8.67. The van der Waals surface area contributed by atoms with Gasteiger partial charge >= 0.3 is 0 Å². The van der Waals surface area contributed by atoms with Crippen molar-refractivity contribution in [2.45, 2.75) is 110 Å². The van der Waals surface area contributed by atoms with Crippen LogP contribution >= 0.6 is 0 Å². The second kappa shape index (κ2) is 13.1. The molecule has 51 heavy (non-hydrogen) atoms. The molecule has 6 heteroatoms. The van der Waals surface area contributed by atoms with Gasteiger partial charge < -0.3 is 9.13 Å². The van der Waals surface area contributed by atoms with Crippen LogP contribution in [0.25, 0.3) is 21.8 Å². The molecule has 6 nitrogen and oxygen atoms in total. The Balaban J connectivity index is 1.02. The first-order valence-corrected chi connectivity index (χ1v) is 18.9. The molecule has 2 aliphatic rings. The second-order valence-electron chi connectivity index (χ2n) is 16.6.